The van der Waals surface area contributed by atoms with Gasteiger partial charge in [0.05, 0.1) is 18.4 Å². The lowest BCUT2D eigenvalue weighted by atomic mass is 9.91. The lowest BCUT2D eigenvalue weighted by Gasteiger charge is -2.26. The maximum atomic E-state index is 5.76. The van der Waals surface area contributed by atoms with E-state index in [0.29, 0.717) is 6.54 Å². The van der Waals surface area contributed by atoms with Crippen molar-refractivity contribution in [1.29, 1.82) is 0 Å². The number of fused-ring (bicyclic) bond motifs is 1. The summed E-state index contributed by atoms with van der Waals surface area (Å²) in [6.07, 6.45) is 4.26. The maximum absolute atomic E-state index is 5.76. The first-order valence-electron chi connectivity index (χ1n) is 6.10. The quantitative estimate of drug-likeness (QED) is 0.869. The van der Waals surface area contributed by atoms with Crippen LogP contribution >= 0.6 is 0 Å². The van der Waals surface area contributed by atoms with Crippen molar-refractivity contribution in [3.8, 4) is 11.3 Å². The van der Waals surface area contributed by atoms with Gasteiger partial charge in [-0.05, 0) is 23.6 Å². The maximum Gasteiger partial charge on any atom is 0.116 e. The Balaban J connectivity index is 2.12. The zero-order valence-electron chi connectivity index (χ0n) is 10.0. The van der Waals surface area contributed by atoms with Gasteiger partial charge in [-0.2, -0.15) is 0 Å². The highest BCUT2D eigenvalue weighted by Crippen LogP contribution is 2.32. The standard InChI is InChI=1S/C14H15N3O/c15-8-14-12-3-1-2-11(10(12)5-7-18-14)13-4-6-16-9-17-13/h1-4,6,9,14H,5,7-8,15H2/t14-/m1/s1. The monoisotopic (exact) mass is 241 g/mol. The number of nitrogens with two attached hydrogens (primary N) is 1. The Hall–Kier alpha value is -1.78. The summed E-state index contributed by atoms with van der Waals surface area (Å²) in [5.41, 5.74) is 10.4. The average molecular weight is 241 g/mol. The minimum atomic E-state index is 0.00976. The Morgan fingerprint density at radius 1 is 1.33 bits per heavy atom. The molecular weight excluding hydrogens is 226 g/mol. The summed E-state index contributed by atoms with van der Waals surface area (Å²) in [6, 6.07) is 8.16. The fourth-order valence-corrected chi connectivity index (χ4v) is 2.46. The molecular formula is C14H15N3O. The Labute approximate surface area is 106 Å². The van der Waals surface area contributed by atoms with Crippen LogP contribution in [0.3, 0.4) is 0 Å². The topological polar surface area (TPSA) is 61.0 Å². The molecule has 2 aromatic rings. The van der Waals surface area contributed by atoms with E-state index in [9.17, 15) is 0 Å². The van der Waals surface area contributed by atoms with Crippen molar-refractivity contribution in [2.45, 2.75) is 12.5 Å². The van der Waals surface area contributed by atoms with Crippen LogP contribution in [0.1, 0.15) is 17.2 Å². The van der Waals surface area contributed by atoms with Gasteiger partial charge in [0, 0.05) is 18.3 Å². The van der Waals surface area contributed by atoms with E-state index in [0.717, 1.165) is 24.3 Å². The summed E-state index contributed by atoms with van der Waals surface area (Å²) in [5.74, 6) is 0. The van der Waals surface area contributed by atoms with Gasteiger partial charge in [-0.1, -0.05) is 18.2 Å². The molecule has 92 valence electrons. The van der Waals surface area contributed by atoms with Crippen molar-refractivity contribution < 1.29 is 4.74 Å². The van der Waals surface area contributed by atoms with Gasteiger partial charge in [0.2, 0.25) is 0 Å². The molecule has 2 N–H and O–H groups in total. The van der Waals surface area contributed by atoms with Crippen molar-refractivity contribution >= 4 is 0 Å². The summed E-state index contributed by atoms with van der Waals surface area (Å²) in [4.78, 5) is 8.28. The second kappa shape index (κ2) is 4.84. The first-order valence-corrected chi connectivity index (χ1v) is 6.10. The highest BCUT2D eigenvalue weighted by atomic mass is 16.5. The number of hydrogen-bond acceptors (Lipinski definition) is 4. The molecule has 0 saturated carbocycles. The van der Waals surface area contributed by atoms with Crippen molar-refractivity contribution in [2.24, 2.45) is 5.73 Å². The van der Waals surface area contributed by atoms with Crippen LogP contribution in [0.2, 0.25) is 0 Å². The van der Waals surface area contributed by atoms with Crippen molar-refractivity contribution in [3.63, 3.8) is 0 Å². The molecule has 1 aliphatic heterocycles. The van der Waals surface area contributed by atoms with Gasteiger partial charge in [-0.15, -0.1) is 0 Å². The van der Waals surface area contributed by atoms with Gasteiger partial charge in [-0.3, -0.25) is 0 Å². The molecule has 18 heavy (non-hydrogen) atoms. The molecule has 0 amide bonds. The molecule has 1 aromatic heterocycles. The van der Waals surface area contributed by atoms with Gasteiger partial charge in [0.25, 0.3) is 0 Å². The summed E-state index contributed by atoms with van der Waals surface area (Å²) >= 11 is 0. The second-order valence-electron chi connectivity index (χ2n) is 4.31. The van der Waals surface area contributed by atoms with E-state index >= 15 is 0 Å². The third-order valence-electron chi connectivity index (χ3n) is 3.30. The number of aromatic nitrogens is 2. The number of ether oxygens (including phenoxy) is 1. The third kappa shape index (κ3) is 1.89. The predicted octanol–water partition coefficient (Wildman–Crippen LogP) is 1.72. The Kier molecular flexibility index (Phi) is 3.04. The Bertz CT molecular complexity index is 542. The minimum absolute atomic E-state index is 0.00976. The summed E-state index contributed by atoms with van der Waals surface area (Å²) in [6.45, 7) is 1.23. The molecule has 0 saturated heterocycles. The number of rotatable bonds is 2. The second-order valence-corrected chi connectivity index (χ2v) is 4.31. The van der Waals surface area contributed by atoms with Crippen LogP contribution in [0.4, 0.5) is 0 Å². The smallest absolute Gasteiger partial charge is 0.116 e. The van der Waals surface area contributed by atoms with Crippen LogP contribution in [0.25, 0.3) is 11.3 Å². The van der Waals surface area contributed by atoms with Crippen LogP contribution < -0.4 is 5.73 Å². The van der Waals surface area contributed by atoms with Gasteiger partial charge < -0.3 is 10.5 Å². The van der Waals surface area contributed by atoms with E-state index in [1.54, 1.807) is 12.5 Å². The van der Waals surface area contributed by atoms with Crippen molar-refractivity contribution in [3.05, 3.63) is 47.9 Å². The van der Waals surface area contributed by atoms with Crippen molar-refractivity contribution in [2.75, 3.05) is 13.2 Å². The van der Waals surface area contributed by atoms with E-state index in [4.69, 9.17) is 10.5 Å². The van der Waals surface area contributed by atoms with Gasteiger partial charge in [-0.25, -0.2) is 9.97 Å². The van der Waals surface area contributed by atoms with E-state index < -0.39 is 0 Å². The average Bonchev–Trinajstić information content (AvgIpc) is 2.47. The lowest BCUT2D eigenvalue weighted by molar-refractivity contribution is 0.0486. The van der Waals surface area contributed by atoms with Gasteiger partial charge in [0.15, 0.2) is 0 Å². The fourth-order valence-electron chi connectivity index (χ4n) is 2.46. The molecule has 2 heterocycles. The number of hydrogen-bond donors (Lipinski definition) is 1. The number of nitrogens with zero attached hydrogens (tertiary/aromatic N) is 2. The first kappa shape index (κ1) is 11.3. The molecule has 0 spiro atoms. The van der Waals surface area contributed by atoms with Crippen LogP contribution in [-0.2, 0) is 11.2 Å². The number of benzene rings is 1. The molecule has 0 fully saturated rings. The molecule has 4 heteroatoms. The normalized spacial score (nSPS) is 18.4. The Morgan fingerprint density at radius 3 is 3.06 bits per heavy atom. The molecule has 1 aliphatic rings. The highest BCUT2D eigenvalue weighted by Gasteiger charge is 2.22. The van der Waals surface area contributed by atoms with Crippen LogP contribution in [0, 0.1) is 0 Å². The van der Waals surface area contributed by atoms with E-state index in [1.807, 2.05) is 12.1 Å². The Morgan fingerprint density at radius 2 is 2.28 bits per heavy atom. The van der Waals surface area contributed by atoms with Gasteiger partial charge in [0.1, 0.15) is 6.33 Å². The van der Waals surface area contributed by atoms with Crippen LogP contribution in [0.5, 0.6) is 0 Å². The molecule has 1 atom stereocenters. The van der Waals surface area contributed by atoms with Gasteiger partial charge >= 0.3 is 0 Å². The SMILES string of the molecule is NC[C@H]1OCCc2c(-c3ccncn3)cccc21. The van der Waals surface area contributed by atoms with Crippen molar-refractivity contribution in [1.82, 2.24) is 9.97 Å². The molecule has 3 rings (SSSR count). The zero-order valence-corrected chi connectivity index (χ0v) is 10.0. The van der Waals surface area contributed by atoms with E-state index in [2.05, 4.69) is 22.1 Å². The van der Waals surface area contributed by atoms with Crippen LogP contribution in [-0.4, -0.2) is 23.1 Å². The minimum Gasteiger partial charge on any atom is -0.372 e. The molecule has 0 radical (unpaired) electrons. The summed E-state index contributed by atoms with van der Waals surface area (Å²) in [7, 11) is 0. The molecule has 0 unspecified atom stereocenters. The van der Waals surface area contributed by atoms with Crippen LogP contribution in [0.15, 0.2) is 36.8 Å². The van der Waals surface area contributed by atoms with E-state index in [-0.39, 0.29) is 6.10 Å². The highest BCUT2D eigenvalue weighted by molar-refractivity contribution is 5.65. The first-order chi connectivity index (χ1) is 8.90. The molecule has 0 bridgehead atoms. The molecule has 4 nitrogen and oxygen atoms in total. The summed E-state index contributed by atoms with van der Waals surface area (Å²) in [5, 5.41) is 0. The predicted molar refractivity (Wildman–Crippen MR) is 68.9 cm³/mol. The third-order valence-corrected chi connectivity index (χ3v) is 3.30. The molecule has 1 aromatic carbocycles. The van der Waals surface area contributed by atoms with E-state index in [1.165, 1.54) is 11.1 Å². The molecule has 0 aliphatic carbocycles. The lowest BCUT2D eigenvalue weighted by Crippen LogP contribution is -2.23. The zero-order chi connectivity index (χ0) is 12.4. The largest absolute Gasteiger partial charge is 0.372 e. The fraction of sp³-hybridized carbons (Fsp3) is 0.286. The summed E-state index contributed by atoms with van der Waals surface area (Å²) < 4.78 is 5.69.